The second-order valence-electron chi connectivity index (χ2n) is 32.9. The van der Waals surface area contributed by atoms with Gasteiger partial charge in [0.1, 0.15) is 70.1 Å². The summed E-state index contributed by atoms with van der Waals surface area (Å²) in [5.41, 5.74) is 26.1. The van der Waals surface area contributed by atoms with Gasteiger partial charge < -0.3 is 64.5 Å². The highest BCUT2D eigenvalue weighted by Gasteiger charge is 2.16. The van der Waals surface area contributed by atoms with Crippen LogP contribution in [0.5, 0.6) is 23.0 Å². The van der Waals surface area contributed by atoms with E-state index < -0.39 is 0 Å². The molecule has 0 atom stereocenters. The zero-order valence-corrected chi connectivity index (χ0v) is 74.0. The maximum Gasteiger partial charge on any atom is 0.163 e. The number of anilines is 4. The second kappa shape index (κ2) is 41.1. The van der Waals surface area contributed by atoms with E-state index in [2.05, 4.69) is 240 Å². The number of hydrogen-bond donors (Lipinski definition) is 9. The van der Waals surface area contributed by atoms with E-state index in [1.807, 2.05) is 184 Å². The van der Waals surface area contributed by atoms with Gasteiger partial charge in [-0.25, -0.2) is 39.3 Å². The Morgan fingerprint density at radius 3 is 1.17 bits per heavy atom. The molecule has 0 bridgehead atoms. The topological polar surface area (TPSA) is 275 Å². The van der Waals surface area contributed by atoms with Crippen molar-refractivity contribution in [3.05, 3.63) is 419 Å². The van der Waals surface area contributed by atoms with E-state index in [0.717, 1.165) is 165 Å². The monoisotopic (exact) mass is 1750 g/mol. The SMILES string of the molecule is CC(C)(C)c1ccc(Cc2cnc3[nH]ccc3c2)cc1.COc1ccc(Cc2cnc3[nH]ccc3c2)cc1Cl.COc1cccc(Cc2cnc3[nH]ccc3c2)c1.Cc1ccc(Cc2cnc3[nH]ccc3c2)cc1.Fc1cccc(Cc2cnc3[nH]ccc3c2)c1.c1cc2cc(Nc3ccc4c(c3)OCCO4)cnc2[nH]1.c1cnc2ccc(Nc3cnc4[nH]ccc4c3)cc2c1. The molecule has 16 heterocycles. The van der Waals surface area contributed by atoms with Gasteiger partial charge in [0.25, 0.3) is 0 Å². The highest BCUT2D eigenvalue weighted by atomic mass is 35.5. The number of pyridine rings is 8. The number of fused-ring (bicyclic) bond motifs is 9. The maximum absolute atomic E-state index is 13.1. The summed E-state index contributed by atoms with van der Waals surface area (Å²) in [6.45, 7) is 10.0. The lowest BCUT2D eigenvalue weighted by atomic mass is 9.86. The number of aryl methyl sites for hydroxylation is 1. The Hall–Kier alpha value is -16.2. The summed E-state index contributed by atoms with van der Waals surface area (Å²) in [4.78, 5) is 56.6. The number of H-pyrrole nitrogens is 7. The van der Waals surface area contributed by atoms with Crippen LogP contribution in [0.4, 0.5) is 27.1 Å². The average molecular weight is 1750 g/mol. The zero-order chi connectivity index (χ0) is 89.8. The zero-order valence-electron chi connectivity index (χ0n) is 73.2. The number of methoxy groups -OCH3 is 2. The van der Waals surface area contributed by atoms with Crippen LogP contribution in [0.1, 0.15) is 87.5 Å². The predicted octanol–water partition coefficient (Wildman–Crippen LogP) is 25.1. The van der Waals surface area contributed by atoms with Gasteiger partial charge in [-0.15, -0.1) is 0 Å². The van der Waals surface area contributed by atoms with Gasteiger partial charge in [0, 0.05) is 141 Å². The first-order chi connectivity index (χ1) is 64.0. The van der Waals surface area contributed by atoms with Gasteiger partial charge in [0.15, 0.2) is 11.5 Å². The first-order valence-electron chi connectivity index (χ1n) is 43.1. The molecule has 0 saturated carbocycles. The lowest BCUT2D eigenvalue weighted by molar-refractivity contribution is 0.171. The Bertz CT molecular complexity index is 7580. The second-order valence-corrected chi connectivity index (χ2v) is 33.3. The molecule has 23 heteroatoms. The van der Waals surface area contributed by atoms with E-state index in [4.69, 9.17) is 30.5 Å². The Labute approximate surface area is 761 Å². The van der Waals surface area contributed by atoms with Crippen molar-refractivity contribution < 1.29 is 23.3 Å². The molecule has 23 rings (SSSR count). The normalized spacial score (nSPS) is 11.4. The fourth-order valence-corrected chi connectivity index (χ4v) is 15.6. The Morgan fingerprint density at radius 1 is 0.336 bits per heavy atom. The summed E-state index contributed by atoms with van der Waals surface area (Å²) in [6.07, 6.45) is 32.5. The van der Waals surface area contributed by atoms with E-state index in [0.29, 0.717) is 30.4 Å². The fraction of sp³-hybridized carbons (Fsp3) is 0.130. The van der Waals surface area contributed by atoms with Gasteiger partial charge in [0.2, 0.25) is 0 Å². The van der Waals surface area contributed by atoms with Crippen LogP contribution in [0.3, 0.4) is 0 Å². The fourth-order valence-electron chi connectivity index (χ4n) is 15.3. The Morgan fingerprint density at radius 2 is 0.725 bits per heavy atom. The molecule has 131 heavy (non-hydrogen) atoms. The van der Waals surface area contributed by atoms with Gasteiger partial charge in [-0.1, -0.05) is 123 Å². The van der Waals surface area contributed by atoms with Gasteiger partial charge in [-0.05, 0) is 263 Å². The molecule has 652 valence electrons. The van der Waals surface area contributed by atoms with Crippen LogP contribution in [-0.2, 0) is 37.5 Å². The molecule has 1 aliphatic heterocycles. The number of aromatic nitrogens is 15. The largest absolute Gasteiger partial charge is 0.497 e. The molecule has 0 saturated heterocycles. The quantitative estimate of drug-likeness (QED) is 0.0435. The maximum atomic E-state index is 13.1. The molecule has 15 aromatic heterocycles. The number of nitrogens with one attached hydrogen (secondary N) is 9. The first-order valence-corrected chi connectivity index (χ1v) is 43.5. The molecule has 0 aliphatic carbocycles. The number of rotatable bonds is 16. The number of nitrogens with zero attached hydrogens (tertiary/aromatic N) is 8. The molecule has 7 aromatic carbocycles. The molecule has 9 N–H and O–H groups in total. The van der Waals surface area contributed by atoms with Crippen molar-refractivity contribution in [2.75, 3.05) is 38.1 Å². The van der Waals surface area contributed by atoms with Crippen molar-refractivity contribution in [2.24, 2.45) is 0 Å². The minimum atomic E-state index is -0.196. The standard InChI is InChI=1S/C18H20N2.C16H12N4.C15H13ClN2O.C15H13N3O2.C15H14N2O.C15H14N2.C14H11FN2/c1-18(2,3)16-6-4-13(5-7-16)10-14-11-15-8-9-19-17(15)20-12-14;1-2-11-8-13(3-4-15(11)17-6-1)20-14-9-12-5-7-18-16(12)19-10-14;1-19-14-3-2-10(8-13(14)16)6-11-7-12-4-5-17-15(12)18-9-11;1-2-13-14(20-6-5-19-13)8-11(1)18-12-7-10-3-4-16-15(10)17-9-12;1-18-14-4-2-3-11(9-14)7-12-8-13-5-6-16-15(13)17-10-12;1-11-2-4-12(5-3-11)8-13-9-14-6-7-16-15(14)17-10-13;15-13-3-1-2-10(8-13)6-11-7-12-4-5-16-14(12)17-9-11/h4-9,11-12H,10H2,1-3H3,(H,19,20);1-10,20H,(H,18,19);2-5,7-9H,6H2,1H3,(H,17,18);1-4,7-9,18H,5-6H2,(H,16,17);2-6,8-10H,7H2,1H3,(H,16,17);2-7,9-10H,8H2,1H3,(H,16,17);1-5,7-9H,6H2,(H,16,17). The highest BCUT2D eigenvalue weighted by molar-refractivity contribution is 6.32. The third-order valence-electron chi connectivity index (χ3n) is 22.0. The smallest absolute Gasteiger partial charge is 0.163 e. The van der Waals surface area contributed by atoms with E-state index in [-0.39, 0.29) is 11.2 Å². The average Bonchev–Trinajstić information content (AvgIpc) is 1.81. The van der Waals surface area contributed by atoms with Crippen molar-refractivity contribution in [3.63, 3.8) is 0 Å². The van der Waals surface area contributed by atoms with Crippen molar-refractivity contribution in [3.8, 4) is 23.0 Å². The Kier molecular flexibility index (Phi) is 27.2. The number of aromatic amines is 7. The highest BCUT2D eigenvalue weighted by Crippen LogP contribution is 2.35. The van der Waals surface area contributed by atoms with Crippen LogP contribution in [-0.4, -0.2) is 102 Å². The molecule has 0 unspecified atom stereocenters. The molecule has 0 radical (unpaired) electrons. The van der Waals surface area contributed by atoms with Gasteiger partial charge in [-0.2, -0.15) is 0 Å². The molecular weight excluding hydrogens is 1650 g/mol. The first kappa shape index (κ1) is 86.9. The van der Waals surface area contributed by atoms with E-state index in [1.54, 1.807) is 38.7 Å². The lowest BCUT2D eigenvalue weighted by Gasteiger charge is -2.19. The van der Waals surface area contributed by atoms with Gasteiger partial charge in [-0.3, -0.25) is 4.98 Å². The van der Waals surface area contributed by atoms with Crippen LogP contribution in [0.15, 0.2) is 342 Å². The van der Waals surface area contributed by atoms with Crippen LogP contribution < -0.4 is 29.6 Å². The van der Waals surface area contributed by atoms with Crippen molar-refractivity contribution >= 4 is 122 Å². The minimum absolute atomic E-state index is 0.196. The van der Waals surface area contributed by atoms with Crippen LogP contribution in [0.2, 0.25) is 5.02 Å². The number of benzene rings is 7. The van der Waals surface area contributed by atoms with Crippen LogP contribution >= 0.6 is 11.6 Å². The molecule has 0 amide bonds. The summed E-state index contributed by atoms with van der Waals surface area (Å²) in [5, 5.41) is 16.3. The summed E-state index contributed by atoms with van der Waals surface area (Å²) in [5.74, 6) is 2.96. The number of hydrogen-bond acceptors (Lipinski definition) is 14. The molecule has 21 nitrogen and oxygen atoms in total. The number of ether oxygens (including phenoxy) is 4. The van der Waals surface area contributed by atoms with Gasteiger partial charge in [0.05, 0.1) is 48.5 Å². The van der Waals surface area contributed by atoms with Crippen LogP contribution in [0, 0.1) is 12.7 Å². The van der Waals surface area contributed by atoms with E-state index in [1.165, 1.54) is 61.3 Å². The van der Waals surface area contributed by atoms with Crippen LogP contribution in [0.25, 0.3) is 88.1 Å². The minimum Gasteiger partial charge on any atom is -0.497 e. The number of halogens is 2. The van der Waals surface area contributed by atoms with Gasteiger partial charge >= 0.3 is 0 Å². The third kappa shape index (κ3) is 23.2. The summed E-state index contributed by atoms with van der Waals surface area (Å²) < 4.78 is 34.5. The third-order valence-corrected chi connectivity index (χ3v) is 22.3. The molecule has 22 aromatic rings. The predicted molar refractivity (Wildman–Crippen MR) is 526 cm³/mol. The van der Waals surface area contributed by atoms with Crippen molar-refractivity contribution in [1.82, 2.24) is 74.8 Å². The van der Waals surface area contributed by atoms with E-state index >= 15 is 0 Å². The lowest BCUT2D eigenvalue weighted by Crippen LogP contribution is -2.15. The summed E-state index contributed by atoms with van der Waals surface area (Å²) in [7, 11) is 3.30. The summed E-state index contributed by atoms with van der Waals surface area (Å²) >= 11 is 6.13. The molecule has 0 spiro atoms. The summed E-state index contributed by atoms with van der Waals surface area (Å²) in [6, 6.07) is 83.2. The Balaban J connectivity index is 0.000000107. The van der Waals surface area contributed by atoms with Crippen molar-refractivity contribution in [2.45, 2.75) is 65.2 Å². The van der Waals surface area contributed by atoms with Crippen molar-refractivity contribution in [1.29, 1.82) is 0 Å². The molecule has 1 aliphatic rings. The molecule has 0 fully saturated rings. The van der Waals surface area contributed by atoms with E-state index in [9.17, 15) is 4.39 Å². The molecular formula is C108H97ClFN17O4.